The third-order valence-corrected chi connectivity index (χ3v) is 7.83. The number of ether oxygens (including phenoxy) is 2. The van der Waals surface area contributed by atoms with Gasteiger partial charge in [-0.25, -0.2) is 0 Å². The molecule has 0 aromatic heterocycles. The summed E-state index contributed by atoms with van der Waals surface area (Å²) >= 11 is 0. The van der Waals surface area contributed by atoms with Crippen LogP contribution in [0.3, 0.4) is 0 Å². The molecule has 0 aliphatic carbocycles. The summed E-state index contributed by atoms with van der Waals surface area (Å²) in [5.41, 5.74) is 2.05. The first kappa shape index (κ1) is 18.7. The lowest BCUT2D eigenvalue weighted by Crippen LogP contribution is -2.32. The van der Waals surface area contributed by atoms with Crippen LogP contribution in [0.2, 0.25) is 0 Å². The third kappa shape index (κ3) is 3.29. The molecule has 2 aromatic carbocycles. The summed E-state index contributed by atoms with van der Waals surface area (Å²) in [7, 11) is 2.65. The molecule has 0 radical (unpaired) electrons. The molecule has 1 atom stereocenters. The average Bonchev–Trinajstić information content (AvgIpc) is 2.59. The van der Waals surface area contributed by atoms with Crippen molar-refractivity contribution in [3.05, 3.63) is 54.4 Å². The van der Waals surface area contributed by atoms with Gasteiger partial charge in [0.25, 0.3) is 0 Å². The van der Waals surface area contributed by atoms with Gasteiger partial charge in [-0.3, -0.25) is 4.79 Å². The lowest BCUT2D eigenvalue weighted by molar-refractivity contribution is -0.118. The highest BCUT2D eigenvalue weighted by Gasteiger charge is 2.40. The van der Waals surface area contributed by atoms with Crippen LogP contribution >= 0.6 is 7.92 Å². The Morgan fingerprint density at radius 2 is 1.62 bits per heavy atom. The van der Waals surface area contributed by atoms with Crippen LogP contribution in [0.25, 0.3) is 11.1 Å². The van der Waals surface area contributed by atoms with Crippen molar-refractivity contribution in [1.82, 2.24) is 0 Å². The van der Waals surface area contributed by atoms with E-state index < -0.39 is 7.92 Å². The number of methoxy groups -OCH3 is 2. The number of Topliss-reactive ketones (excluding diaryl/α,β-unsaturated/α-hetero) is 1. The highest BCUT2D eigenvalue weighted by atomic mass is 31.1. The number of rotatable bonds is 4. The normalized spacial score (nSPS) is 19.3. The van der Waals surface area contributed by atoms with Gasteiger partial charge in [0.2, 0.25) is 0 Å². The van der Waals surface area contributed by atoms with E-state index in [2.05, 4.69) is 38.6 Å². The van der Waals surface area contributed by atoms with E-state index in [9.17, 15) is 4.79 Å². The minimum absolute atomic E-state index is 0.118. The summed E-state index contributed by atoms with van der Waals surface area (Å²) in [6.45, 7) is 8.64. The smallest absolute Gasteiger partial charge is 0.138 e. The molecule has 4 heteroatoms. The van der Waals surface area contributed by atoms with Gasteiger partial charge in [0.15, 0.2) is 0 Å². The van der Waals surface area contributed by atoms with E-state index in [0.29, 0.717) is 12.8 Å². The molecule has 1 saturated heterocycles. The van der Waals surface area contributed by atoms with Crippen LogP contribution < -0.4 is 14.8 Å². The molecule has 0 N–H and O–H groups in total. The second-order valence-electron chi connectivity index (χ2n) is 7.16. The maximum atomic E-state index is 12.1. The minimum atomic E-state index is -0.704. The van der Waals surface area contributed by atoms with Gasteiger partial charge >= 0.3 is 0 Å². The Balaban J connectivity index is 2.23. The Morgan fingerprint density at radius 3 is 2.19 bits per heavy atom. The van der Waals surface area contributed by atoms with Crippen molar-refractivity contribution < 1.29 is 14.3 Å². The number of hydrogen-bond acceptors (Lipinski definition) is 3. The average molecular weight is 368 g/mol. The van der Waals surface area contributed by atoms with Crippen molar-refractivity contribution in [2.75, 3.05) is 14.2 Å². The van der Waals surface area contributed by atoms with E-state index in [1.165, 1.54) is 5.30 Å². The first-order valence-corrected chi connectivity index (χ1v) is 10.0. The molecule has 0 spiro atoms. The zero-order valence-electron chi connectivity index (χ0n) is 15.8. The Kier molecular flexibility index (Phi) is 5.20. The van der Waals surface area contributed by atoms with Gasteiger partial charge in [0.1, 0.15) is 17.3 Å². The Labute approximate surface area is 156 Å². The predicted molar refractivity (Wildman–Crippen MR) is 109 cm³/mol. The molecular formula is C22H25O3P. The summed E-state index contributed by atoms with van der Waals surface area (Å²) in [6.07, 6.45) is 1.07. The molecule has 26 heavy (non-hydrogen) atoms. The summed E-state index contributed by atoms with van der Waals surface area (Å²) in [5, 5.41) is 2.16. The SMILES string of the molecule is C=C1CC(=O)CC(C)(C)P1c1ccccc1-c1c(OC)cccc1OC. The monoisotopic (exact) mass is 368 g/mol. The van der Waals surface area contributed by atoms with Gasteiger partial charge in [0, 0.05) is 12.8 Å². The second-order valence-corrected chi connectivity index (χ2v) is 10.2. The minimum Gasteiger partial charge on any atom is -0.496 e. The third-order valence-electron chi connectivity index (χ3n) is 4.79. The quantitative estimate of drug-likeness (QED) is 0.702. The van der Waals surface area contributed by atoms with Crippen molar-refractivity contribution in [3.8, 4) is 22.6 Å². The van der Waals surface area contributed by atoms with Gasteiger partial charge in [-0.1, -0.05) is 50.8 Å². The molecule has 1 aliphatic heterocycles. The van der Waals surface area contributed by atoms with E-state index in [4.69, 9.17) is 9.47 Å². The van der Waals surface area contributed by atoms with Gasteiger partial charge in [-0.15, -0.1) is 0 Å². The molecule has 3 rings (SSSR count). The summed E-state index contributed by atoms with van der Waals surface area (Å²) in [6, 6.07) is 14.2. The molecule has 1 fully saturated rings. The van der Waals surface area contributed by atoms with Crippen LogP contribution in [0.4, 0.5) is 0 Å². The van der Waals surface area contributed by atoms with Crippen LogP contribution in [-0.4, -0.2) is 25.2 Å². The Bertz CT molecular complexity index is 832. The topological polar surface area (TPSA) is 35.5 Å². The lowest BCUT2D eigenvalue weighted by Gasteiger charge is -2.41. The van der Waals surface area contributed by atoms with Crippen LogP contribution in [0, 0.1) is 0 Å². The fourth-order valence-corrected chi connectivity index (χ4v) is 7.03. The van der Waals surface area contributed by atoms with Crippen molar-refractivity contribution in [2.45, 2.75) is 31.8 Å². The first-order valence-electron chi connectivity index (χ1n) is 8.69. The molecule has 1 heterocycles. The maximum absolute atomic E-state index is 12.1. The van der Waals surface area contributed by atoms with Crippen LogP contribution in [-0.2, 0) is 4.79 Å². The lowest BCUT2D eigenvalue weighted by atomic mass is 10.0. The van der Waals surface area contributed by atoms with Crippen LogP contribution in [0.5, 0.6) is 11.5 Å². The molecule has 136 valence electrons. The van der Waals surface area contributed by atoms with Gasteiger partial charge < -0.3 is 9.47 Å². The first-order chi connectivity index (χ1) is 12.4. The molecule has 0 bridgehead atoms. The fraction of sp³-hybridized carbons (Fsp3) is 0.318. The predicted octanol–water partition coefficient (Wildman–Crippen LogP) is 5.13. The largest absolute Gasteiger partial charge is 0.496 e. The molecular weight excluding hydrogens is 343 g/mol. The van der Waals surface area contributed by atoms with Crippen molar-refractivity contribution in [3.63, 3.8) is 0 Å². The van der Waals surface area contributed by atoms with E-state index in [-0.39, 0.29) is 10.9 Å². The number of hydrogen-bond donors (Lipinski definition) is 0. The van der Waals surface area contributed by atoms with E-state index in [0.717, 1.165) is 27.9 Å². The molecule has 1 unspecified atom stereocenters. The van der Waals surface area contributed by atoms with E-state index in [1.807, 2.05) is 24.3 Å². The van der Waals surface area contributed by atoms with E-state index in [1.54, 1.807) is 14.2 Å². The standard InChI is InChI=1S/C22H25O3P/c1-15-13-16(23)14-22(2,3)26(15)20-12-7-6-9-17(20)21-18(24-4)10-8-11-19(21)25-5/h6-12H,1,13-14H2,2-5H3. The molecule has 2 aromatic rings. The van der Waals surface area contributed by atoms with Gasteiger partial charge in [-0.2, -0.15) is 0 Å². The Hall–Kier alpha value is -2.12. The number of carbonyl (C=O) groups is 1. The number of carbonyl (C=O) groups excluding carboxylic acids is 1. The molecule has 3 nitrogen and oxygen atoms in total. The zero-order chi connectivity index (χ0) is 18.9. The van der Waals surface area contributed by atoms with Crippen LogP contribution in [0.15, 0.2) is 54.4 Å². The summed E-state index contributed by atoms with van der Waals surface area (Å²) in [4.78, 5) is 12.1. The van der Waals surface area contributed by atoms with Crippen LogP contribution in [0.1, 0.15) is 26.7 Å². The van der Waals surface area contributed by atoms with Crippen molar-refractivity contribution in [2.24, 2.45) is 0 Å². The van der Waals surface area contributed by atoms with Crippen molar-refractivity contribution >= 4 is 19.0 Å². The number of ketones is 1. The molecule has 0 amide bonds. The highest BCUT2D eigenvalue weighted by Crippen LogP contribution is 2.61. The Morgan fingerprint density at radius 1 is 1.00 bits per heavy atom. The summed E-state index contributed by atoms with van der Waals surface area (Å²) in [5.74, 6) is 1.85. The number of benzene rings is 2. The molecule has 1 aliphatic rings. The highest BCUT2D eigenvalue weighted by molar-refractivity contribution is 7.71. The number of allylic oxidation sites excluding steroid dienone is 1. The summed E-state index contributed by atoms with van der Waals surface area (Å²) < 4.78 is 11.3. The van der Waals surface area contributed by atoms with Gasteiger partial charge in [-0.05, 0) is 41.4 Å². The zero-order valence-corrected chi connectivity index (χ0v) is 16.7. The molecule has 0 saturated carbocycles. The van der Waals surface area contributed by atoms with E-state index >= 15 is 0 Å². The fourth-order valence-electron chi connectivity index (χ4n) is 3.85. The second kappa shape index (κ2) is 7.25. The van der Waals surface area contributed by atoms with Gasteiger partial charge in [0.05, 0.1) is 19.8 Å². The maximum Gasteiger partial charge on any atom is 0.138 e. The van der Waals surface area contributed by atoms with Crippen molar-refractivity contribution in [1.29, 1.82) is 0 Å².